The van der Waals surface area contributed by atoms with Crippen molar-refractivity contribution in [1.29, 1.82) is 0 Å². The summed E-state index contributed by atoms with van der Waals surface area (Å²) in [5, 5.41) is -0.500. The lowest BCUT2D eigenvalue weighted by molar-refractivity contribution is 0.265. The molecule has 0 aliphatic heterocycles. The molecule has 0 N–H and O–H groups in total. The summed E-state index contributed by atoms with van der Waals surface area (Å²) >= 11 is 5.42. The molecule has 0 saturated carbocycles. The van der Waals surface area contributed by atoms with E-state index in [1.807, 2.05) is 18.2 Å². The number of hydrogen-bond acceptors (Lipinski definition) is 2. The van der Waals surface area contributed by atoms with Crippen molar-refractivity contribution in [3.05, 3.63) is 23.8 Å². The molecule has 0 aromatic heterocycles. The van der Waals surface area contributed by atoms with Crippen molar-refractivity contribution < 1.29 is 9.53 Å². The molecule has 0 aliphatic rings. The Hall–Kier alpha value is -1.22. The maximum atomic E-state index is 11.0. The molecule has 1 aromatic carbocycles. The highest BCUT2D eigenvalue weighted by Crippen LogP contribution is 2.30. The smallest absolute Gasteiger partial charge is 0.320 e. The van der Waals surface area contributed by atoms with Crippen molar-refractivity contribution in [2.45, 2.75) is 19.8 Å². The van der Waals surface area contributed by atoms with Crippen LogP contribution in [0.25, 0.3) is 0 Å². The molecule has 16 heavy (non-hydrogen) atoms. The van der Waals surface area contributed by atoms with E-state index in [1.165, 1.54) is 4.90 Å². The summed E-state index contributed by atoms with van der Waals surface area (Å²) in [5.74, 6) is 1.16. The van der Waals surface area contributed by atoms with Gasteiger partial charge in [-0.25, -0.2) is 0 Å². The molecule has 0 radical (unpaired) electrons. The molecule has 1 rings (SSSR count). The second kappa shape index (κ2) is 5.21. The molecule has 0 aliphatic carbocycles. The number of nitrogens with zero attached hydrogens (tertiary/aromatic N) is 1. The van der Waals surface area contributed by atoms with E-state index in [2.05, 4.69) is 13.8 Å². The third kappa shape index (κ3) is 2.67. The highest BCUT2D eigenvalue weighted by atomic mass is 35.5. The number of amides is 1. The molecule has 0 saturated heterocycles. The second-order valence-corrected chi connectivity index (χ2v) is 4.22. The molecule has 4 heteroatoms. The van der Waals surface area contributed by atoms with Gasteiger partial charge in [0, 0.05) is 12.7 Å². The monoisotopic (exact) mass is 241 g/mol. The van der Waals surface area contributed by atoms with Crippen LogP contribution in [0.4, 0.5) is 10.5 Å². The topological polar surface area (TPSA) is 29.5 Å². The van der Waals surface area contributed by atoms with Gasteiger partial charge in [-0.05, 0) is 41.3 Å². The van der Waals surface area contributed by atoms with Gasteiger partial charge in [0.1, 0.15) is 5.75 Å². The first kappa shape index (κ1) is 12.8. The number of halogens is 1. The molecule has 0 atom stereocenters. The van der Waals surface area contributed by atoms with Crippen molar-refractivity contribution in [2.24, 2.45) is 0 Å². The van der Waals surface area contributed by atoms with Gasteiger partial charge in [0.15, 0.2) is 0 Å². The predicted octanol–water partition coefficient (Wildman–Crippen LogP) is 3.61. The van der Waals surface area contributed by atoms with Crippen molar-refractivity contribution in [3.8, 4) is 5.75 Å². The van der Waals surface area contributed by atoms with Gasteiger partial charge in [0.05, 0.1) is 7.11 Å². The first-order valence-electron chi connectivity index (χ1n) is 5.08. The van der Waals surface area contributed by atoms with Gasteiger partial charge in [-0.2, -0.15) is 0 Å². The van der Waals surface area contributed by atoms with Crippen LogP contribution >= 0.6 is 11.6 Å². The van der Waals surface area contributed by atoms with Gasteiger partial charge in [-0.1, -0.05) is 13.8 Å². The minimum absolute atomic E-state index is 0.328. The lowest BCUT2D eigenvalue weighted by Gasteiger charge is -2.18. The summed E-state index contributed by atoms with van der Waals surface area (Å²) in [6.45, 7) is 4.15. The van der Waals surface area contributed by atoms with E-state index in [9.17, 15) is 4.79 Å². The number of rotatable bonds is 3. The number of carbonyl (C=O) groups is 1. The summed E-state index contributed by atoms with van der Waals surface area (Å²) in [7, 11) is 3.28. The van der Waals surface area contributed by atoms with Gasteiger partial charge >= 0.3 is 5.37 Å². The second-order valence-electron chi connectivity index (χ2n) is 3.89. The minimum atomic E-state index is -0.500. The summed E-state index contributed by atoms with van der Waals surface area (Å²) in [4.78, 5) is 12.4. The van der Waals surface area contributed by atoms with Gasteiger partial charge in [0.25, 0.3) is 0 Å². The molecule has 3 nitrogen and oxygen atoms in total. The first-order chi connectivity index (χ1) is 7.47. The summed E-state index contributed by atoms with van der Waals surface area (Å²) < 4.78 is 5.27. The molecule has 0 spiro atoms. The van der Waals surface area contributed by atoms with E-state index >= 15 is 0 Å². The maximum absolute atomic E-state index is 11.0. The molecule has 1 aromatic rings. The van der Waals surface area contributed by atoms with E-state index in [4.69, 9.17) is 16.3 Å². The van der Waals surface area contributed by atoms with Crippen molar-refractivity contribution in [3.63, 3.8) is 0 Å². The van der Waals surface area contributed by atoms with E-state index in [0.29, 0.717) is 5.92 Å². The zero-order valence-corrected chi connectivity index (χ0v) is 10.7. The first-order valence-corrected chi connectivity index (χ1v) is 5.46. The predicted molar refractivity (Wildman–Crippen MR) is 66.7 cm³/mol. The van der Waals surface area contributed by atoms with Crippen LogP contribution in [0.15, 0.2) is 18.2 Å². The largest absolute Gasteiger partial charge is 0.496 e. The van der Waals surface area contributed by atoms with E-state index in [-0.39, 0.29) is 0 Å². The van der Waals surface area contributed by atoms with Crippen LogP contribution in [-0.4, -0.2) is 19.5 Å². The lowest BCUT2D eigenvalue weighted by atomic mass is 10.0. The zero-order valence-electron chi connectivity index (χ0n) is 9.95. The van der Waals surface area contributed by atoms with Crippen LogP contribution < -0.4 is 9.64 Å². The number of methoxy groups -OCH3 is 1. The Labute approximate surface area is 101 Å². The minimum Gasteiger partial charge on any atom is -0.496 e. The standard InChI is InChI=1S/C12H16ClNO2/c1-8(2)10-7-9(14(3)12(13)15)5-6-11(10)16-4/h5-8H,1-4H3. The number of benzene rings is 1. The lowest BCUT2D eigenvalue weighted by Crippen LogP contribution is -2.19. The fraction of sp³-hybridized carbons (Fsp3) is 0.417. The molecule has 0 heterocycles. The van der Waals surface area contributed by atoms with Gasteiger partial charge in [0.2, 0.25) is 0 Å². The summed E-state index contributed by atoms with van der Waals surface area (Å²) in [5.41, 5.74) is 1.83. The Morgan fingerprint density at radius 1 is 1.44 bits per heavy atom. The van der Waals surface area contributed by atoms with Crippen LogP contribution in [0.5, 0.6) is 5.75 Å². The Kier molecular flexibility index (Phi) is 4.19. The fourth-order valence-corrected chi connectivity index (χ4v) is 1.58. The number of hydrogen-bond donors (Lipinski definition) is 0. The van der Waals surface area contributed by atoms with Gasteiger partial charge in [-0.3, -0.25) is 4.79 Å². The molecular weight excluding hydrogens is 226 g/mol. The Bertz CT molecular complexity index is 391. The molecule has 0 unspecified atom stereocenters. The summed E-state index contributed by atoms with van der Waals surface area (Å²) in [6.07, 6.45) is 0. The van der Waals surface area contributed by atoms with Crippen molar-refractivity contribution >= 4 is 22.7 Å². The van der Waals surface area contributed by atoms with Crippen LogP contribution in [0.1, 0.15) is 25.3 Å². The van der Waals surface area contributed by atoms with Crippen LogP contribution in [0.2, 0.25) is 0 Å². The van der Waals surface area contributed by atoms with Crippen molar-refractivity contribution in [2.75, 3.05) is 19.1 Å². The Balaban J connectivity index is 3.16. The molecule has 1 amide bonds. The molecule has 88 valence electrons. The van der Waals surface area contributed by atoms with Crippen molar-refractivity contribution in [1.82, 2.24) is 0 Å². The normalized spacial score (nSPS) is 10.4. The average molecular weight is 242 g/mol. The average Bonchev–Trinajstić information content (AvgIpc) is 2.26. The third-order valence-corrected chi connectivity index (χ3v) is 2.74. The third-order valence-electron chi connectivity index (χ3n) is 2.49. The highest BCUT2D eigenvalue weighted by molar-refractivity contribution is 6.66. The van der Waals surface area contributed by atoms with Gasteiger partial charge in [-0.15, -0.1) is 0 Å². The Morgan fingerprint density at radius 3 is 2.50 bits per heavy atom. The van der Waals surface area contributed by atoms with E-state index in [1.54, 1.807) is 14.2 Å². The van der Waals surface area contributed by atoms with Crippen LogP contribution in [0.3, 0.4) is 0 Å². The molecule has 0 fully saturated rings. The number of carbonyl (C=O) groups excluding carboxylic acids is 1. The number of ether oxygens (including phenoxy) is 1. The highest BCUT2D eigenvalue weighted by Gasteiger charge is 2.12. The SMILES string of the molecule is COc1ccc(N(C)C(=O)Cl)cc1C(C)C. The van der Waals surface area contributed by atoms with E-state index < -0.39 is 5.37 Å². The maximum Gasteiger partial charge on any atom is 0.320 e. The van der Waals surface area contributed by atoms with Gasteiger partial charge < -0.3 is 9.64 Å². The summed E-state index contributed by atoms with van der Waals surface area (Å²) in [6, 6.07) is 5.58. The van der Waals surface area contributed by atoms with E-state index in [0.717, 1.165) is 17.0 Å². The number of anilines is 1. The quantitative estimate of drug-likeness (QED) is 0.598. The fourth-order valence-electron chi connectivity index (χ4n) is 1.48. The Morgan fingerprint density at radius 2 is 2.06 bits per heavy atom. The molecule has 0 bridgehead atoms. The van der Waals surface area contributed by atoms with Crippen LogP contribution in [0, 0.1) is 0 Å². The zero-order chi connectivity index (χ0) is 12.3. The molecular formula is C12H16ClNO2. The van der Waals surface area contributed by atoms with Crippen LogP contribution in [-0.2, 0) is 0 Å².